The lowest BCUT2D eigenvalue weighted by atomic mass is 9.79. The van der Waals surface area contributed by atoms with E-state index in [4.69, 9.17) is 9.47 Å². The van der Waals surface area contributed by atoms with Crippen LogP contribution in [0.25, 0.3) is 0 Å². The van der Waals surface area contributed by atoms with Crippen LogP contribution in [0.2, 0.25) is 0 Å². The standard InChI is InChI=1S/C12H21NO6/c1-4-5-12(17)9(13-7(2)15)11(18-3)19-8(6-14)10(12)16/h4,8-11,14,16-17H,1,5-6H2,2-3H3,(H,13,15)/t8-,9-,10-,11+,12-/m1/s1. The Morgan fingerprint density at radius 2 is 2.26 bits per heavy atom. The monoisotopic (exact) mass is 275 g/mol. The average Bonchev–Trinajstić information content (AvgIpc) is 2.36. The SMILES string of the molecule is C=CC[C@]1(O)[C@H](O)[C@@H](CO)O[C@H](OC)[C@H]1NC(C)=O. The lowest BCUT2D eigenvalue weighted by molar-refractivity contribution is -0.293. The number of aliphatic hydroxyl groups is 3. The Kier molecular flexibility index (Phi) is 5.45. The maximum atomic E-state index is 11.2. The molecular formula is C12H21NO6. The first kappa shape index (κ1) is 16.1. The number of hydrogen-bond acceptors (Lipinski definition) is 6. The topological polar surface area (TPSA) is 108 Å². The van der Waals surface area contributed by atoms with Crippen LogP contribution in [0.4, 0.5) is 0 Å². The maximum absolute atomic E-state index is 11.2. The number of ether oxygens (including phenoxy) is 2. The molecule has 0 saturated carbocycles. The first-order valence-electron chi connectivity index (χ1n) is 5.98. The Balaban J connectivity index is 3.11. The Labute approximate surface area is 111 Å². The minimum atomic E-state index is -1.72. The number of carbonyl (C=O) groups is 1. The minimum Gasteiger partial charge on any atom is -0.394 e. The maximum Gasteiger partial charge on any atom is 0.217 e. The van der Waals surface area contributed by atoms with Gasteiger partial charge in [-0.3, -0.25) is 4.79 Å². The lowest BCUT2D eigenvalue weighted by Gasteiger charge is -2.49. The molecule has 1 aliphatic heterocycles. The summed E-state index contributed by atoms with van der Waals surface area (Å²) < 4.78 is 10.4. The molecule has 1 heterocycles. The third-order valence-corrected chi connectivity index (χ3v) is 3.23. The normalized spacial score (nSPS) is 38.8. The van der Waals surface area contributed by atoms with Crippen LogP contribution in [0, 0.1) is 0 Å². The van der Waals surface area contributed by atoms with Gasteiger partial charge in [0.05, 0.1) is 6.61 Å². The van der Waals surface area contributed by atoms with Gasteiger partial charge in [0.25, 0.3) is 0 Å². The first-order chi connectivity index (χ1) is 8.90. The van der Waals surface area contributed by atoms with E-state index in [-0.39, 0.29) is 6.42 Å². The highest BCUT2D eigenvalue weighted by atomic mass is 16.7. The van der Waals surface area contributed by atoms with Crippen LogP contribution in [0.5, 0.6) is 0 Å². The number of hydrogen-bond donors (Lipinski definition) is 4. The molecule has 19 heavy (non-hydrogen) atoms. The smallest absolute Gasteiger partial charge is 0.217 e. The number of amides is 1. The number of aliphatic hydroxyl groups excluding tert-OH is 2. The second kappa shape index (κ2) is 6.44. The van der Waals surface area contributed by atoms with E-state index in [0.29, 0.717) is 0 Å². The average molecular weight is 275 g/mol. The van der Waals surface area contributed by atoms with Gasteiger partial charge in [-0.15, -0.1) is 6.58 Å². The molecule has 7 nitrogen and oxygen atoms in total. The van der Waals surface area contributed by atoms with Crippen molar-refractivity contribution in [1.29, 1.82) is 0 Å². The van der Waals surface area contributed by atoms with Crippen LogP contribution in [-0.4, -0.2) is 65.1 Å². The number of carbonyl (C=O) groups excluding carboxylic acids is 1. The molecular weight excluding hydrogens is 254 g/mol. The molecule has 7 heteroatoms. The molecule has 1 aliphatic rings. The highest BCUT2D eigenvalue weighted by molar-refractivity contribution is 5.73. The van der Waals surface area contributed by atoms with E-state index in [1.165, 1.54) is 20.1 Å². The van der Waals surface area contributed by atoms with Crippen LogP contribution in [-0.2, 0) is 14.3 Å². The van der Waals surface area contributed by atoms with E-state index >= 15 is 0 Å². The summed E-state index contributed by atoms with van der Waals surface area (Å²) in [7, 11) is 1.35. The zero-order valence-electron chi connectivity index (χ0n) is 11.1. The molecule has 0 radical (unpaired) electrons. The summed E-state index contributed by atoms with van der Waals surface area (Å²) in [6, 6.07) is -0.967. The van der Waals surface area contributed by atoms with Crippen molar-refractivity contribution in [1.82, 2.24) is 5.32 Å². The van der Waals surface area contributed by atoms with Crippen molar-refractivity contribution in [3.8, 4) is 0 Å². The van der Waals surface area contributed by atoms with E-state index in [1.54, 1.807) is 0 Å². The summed E-state index contributed by atoms with van der Waals surface area (Å²) in [4.78, 5) is 11.2. The number of rotatable bonds is 5. The second-order valence-electron chi connectivity index (χ2n) is 4.57. The molecule has 0 unspecified atom stereocenters. The van der Waals surface area contributed by atoms with Crippen molar-refractivity contribution in [3.63, 3.8) is 0 Å². The van der Waals surface area contributed by atoms with Crippen molar-refractivity contribution in [2.45, 2.75) is 43.5 Å². The molecule has 1 amide bonds. The second-order valence-corrected chi connectivity index (χ2v) is 4.57. The van der Waals surface area contributed by atoms with Gasteiger partial charge in [-0.2, -0.15) is 0 Å². The number of nitrogens with one attached hydrogen (secondary N) is 1. The highest BCUT2D eigenvalue weighted by Crippen LogP contribution is 2.33. The van der Waals surface area contributed by atoms with Crippen molar-refractivity contribution in [2.75, 3.05) is 13.7 Å². The van der Waals surface area contributed by atoms with Gasteiger partial charge in [0.15, 0.2) is 6.29 Å². The summed E-state index contributed by atoms with van der Waals surface area (Å²) >= 11 is 0. The molecule has 5 atom stereocenters. The summed E-state index contributed by atoms with van der Waals surface area (Å²) in [6.45, 7) is 4.33. The van der Waals surface area contributed by atoms with Gasteiger partial charge in [-0.05, 0) is 6.42 Å². The molecule has 0 bridgehead atoms. The van der Waals surface area contributed by atoms with E-state index in [0.717, 1.165) is 0 Å². The molecule has 0 aliphatic carbocycles. The van der Waals surface area contributed by atoms with Gasteiger partial charge in [-0.1, -0.05) is 6.08 Å². The van der Waals surface area contributed by atoms with Gasteiger partial charge >= 0.3 is 0 Å². The van der Waals surface area contributed by atoms with Crippen molar-refractivity contribution >= 4 is 5.91 Å². The summed E-state index contributed by atoms with van der Waals surface area (Å²) in [5.41, 5.74) is -1.72. The van der Waals surface area contributed by atoms with Gasteiger partial charge < -0.3 is 30.1 Å². The summed E-state index contributed by atoms with van der Waals surface area (Å²) in [5, 5.41) is 32.5. The molecule has 110 valence electrons. The molecule has 1 saturated heterocycles. The fourth-order valence-corrected chi connectivity index (χ4v) is 2.29. The van der Waals surface area contributed by atoms with Crippen molar-refractivity contribution < 1.29 is 29.6 Å². The largest absolute Gasteiger partial charge is 0.394 e. The van der Waals surface area contributed by atoms with E-state index in [1.807, 2.05) is 0 Å². The third kappa shape index (κ3) is 3.13. The lowest BCUT2D eigenvalue weighted by Crippen LogP contribution is -2.71. The van der Waals surface area contributed by atoms with E-state index < -0.39 is 42.7 Å². The molecule has 1 fully saturated rings. The van der Waals surface area contributed by atoms with Crippen molar-refractivity contribution in [2.24, 2.45) is 0 Å². The molecule has 1 rings (SSSR count). The quantitative estimate of drug-likeness (QED) is 0.456. The number of methoxy groups -OCH3 is 1. The molecule has 0 aromatic rings. The Morgan fingerprint density at radius 3 is 2.68 bits per heavy atom. The van der Waals surface area contributed by atoms with Crippen LogP contribution >= 0.6 is 0 Å². The van der Waals surface area contributed by atoms with Crippen LogP contribution < -0.4 is 5.32 Å². The van der Waals surface area contributed by atoms with Crippen LogP contribution in [0.1, 0.15) is 13.3 Å². The molecule has 4 N–H and O–H groups in total. The first-order valence-corrected chi connectivity index (χ1v) is 5.98. The van der Waals surface area contributed by atoms with Crippen LogP contribution in [0.3, 0.4) is 0 Å². The van der Waals surface area contributed by atoms with Crippen molar-refractivity contribution in [3.05, 3.63) is 12.7 Å². The van der Waals surface area contributed by atoms with Gasteiger partial charge in [0, 0.05) is 14.0 Å². The highest BCUT2D eigenvalue weighted by Gasteiger charge is 2.55. The Morgan fingerprint density at radius 1 is 1.63 bits per heavy atom. The van der Waals surface area contributed by atoms with Crippen LogP contribution in [0.15, 0.2) is 12.7 Å². The zero-order valence-corrected chi connectivity index (χ0v) is 11.1. The predicted octanol–water partition coefficient (Wildman–Crippen LogP) is -1.48. The molecule has 0 aromatic carbocycles. The van der Waals surface area contributed by atoms with Gasteiger partial charge in [-0.25, -0.2) is 0 Å². The fraction of sp³-hybridized carbons (Fsp3) is 0.750. The Hall–Kier alpha value is -0.990. The zero-order chi connectivity index (χ0) is 14.6. The summed E-state index contributed by atoms with van der Waals surface area (Å²) in [6.07, 6.45) is -1.92. The summed E-state index contributed by atoms with van der Waals surface area (Å²) in [5.74, 6) is -0.396. The third-order valence-electron chi connectivity index (χ3n) is 3.23. The molecule has 0 aromatic heterocycles. The van der Waals surface area contributed by atoms with E-state index in [9.17, 15) is 20.1 Å². The van der Waals surface area contributed by atoms with Gasteiger partial charge in [0.2, 0.25) is 5.91 Å². The fourth-order valence-electron chi connectivity index (χ4n) is 2.29. The predicted molar refractivity (Wildman–Crippen MR) is 66.1 cm³/mol. The minimum absolute atomic E-state index is 0.0127. The Bertz CT molecular complexity index is 336. The van der Waals surface area contributed by atoms with Gasteiger partial charge in [0.1, 0.15) is 23.9 Å². The molecule has 0 spiro atoms. The van der Waals surface area contributed by atoms with E-state index in [2.05, 4.69) is 11.9 Å².